The standard InChI is InChI=1S/C13H22N4O/c1-3-18-13-9-12(16-10(2)17-13)15-8-4-7-14-11-5-6-11/h9,11,14H,3-8H2,1-2H3,(H,15,16,17). The Bertz CT molecular complexity index is 379. The van der Waals surface area contributed by atoms with Gasteiger partial charge in [0.25, 0.3) is 0 Å². The van der Waals surface area contributed by atoms with Crippen molar-refractivity contribution in [2.24, 2.45) is 0 Å². The van der Waals surface area contributed by atoms with Crippen LogP contribution in [0, 0.1) is 6.92 Å². The molecule has 0 radical (unpaired) electrons. The highest BCUT2D eigenvalue weighted by atomic mass is 16.5. The molecule has 1 aromatic rings. The number of anilines is 1. The first-order chi connectivity index (χ1) is 8.78. The van der Waals surface area contributed by atoms with E-state index in [1.807, 2.05) is 19.9 Å². The van der Waals surface area contributed by atoms with Crippen LogP contribution in [0.5, 0.6) is 5.88 Å². The maximum Gasteiger partial charge on any atom is 0.218 e. The molecule has 0 aliphatic heterocycles. The van der Waals surface area contributed by atoms with Crippen molar-refractivity contribution in [1.29, 1.82) is 0 Å². The molecule has 0 aromatic carbocycles. The third-order valence-electron chi connectivity index (χ3n) is 2.78. The summed E-state index contributed by atoms with van der Waals surface area (Å²) in [4.78, 5) is 8.55. The van der Waals surface area contributed by atoms with Gasteiger partial charge in [-0.3, -0.25) is 0 Å². The Balaban J connectivity index is 1.72. The number of ether oxygens (including phenoxy) is 1. The summed E-state index contributed by atoms with van der Waals surface area (Å²) in [5.74, 6) is 2.22. The van der Waals surface area contributed by atoms with Gasteiger partial charge in [-0.15, -0.1) is 0 Å². The van der Waals surface area contributed by atoms with Gasteiger partial charge in [-0.1, -0.05) is 0 Å². The molecular formula is C13H22N4O. The lowest BCUT2D eigenvalue weighted by Gasteiger charge is -2.09. The van der Waals surface area contributed by atoms with E-state index in [1.54, 1.807) is 0 Å². The Morgan fingerprint density at radius 1 is 1.33 bits per heavy atom. The van der Waals surface area contributed by atoms with Gasteiger partial charge >= 0.3 is 0 Å². The van der Waals surface area contributed by atoms with Gasteiger partial charge in [0, 0.05) is 18.7 Å². The third-order valence-corrected chi connectivity index (χ3v) is 2.78. The summed E-state index contributed by atoms with van der Waals surface area (Å²) in [5, 5.41) is 6.80. The van der Waals surface area contributed by atoms with E-state index < -0.39 is 0 Å². The number of nitrogens with zero attached hydrogens (tertiary/aromatic N) is 2. The molecule has 1 heterocycles. The first-order valence-corrected chi connectivity index (χ1v) is 6.73. The van der Waals surface area contributed by atoms with Crippen LogP contribution in [0.4, 0.5) is 5.82 Å². The van der Waals surface area contributed by atoms with E-state index in [0.717, 1.165) is 37.2 Å². The van der Waals surface area contributed by atoms with Crippen molar-refractivity contribution >= 4 is 5.82 Å². The van der Waals surface area contributed by atoms with Crippen molar-refractivity contribution in [1.82, 2.24) is 15.3 Å². The van der Waals surface area contributed by atoms with Crippen molar-refractivity contribution in [3.05, 3.63) is 11.9 Å². The highest BCUT2D eigenvalue weighted by molar-refractivity contribution is 5.38. The molecule has 0 bridgehead atoms. The average molecular weight is 250 g/mol. The van der Waals surface area contributed by atoms with Gasteiger partial charge < -0.3 is 15.4 Å². The van der Waals surface area contributed by atoms with E-state index in [4.69, 9.17) is 4.74 Å². The Kier molecular flexibility index (Phi) is 4.75. The SMILES string of the molecule is CCOc1cc(NCCCNC2CC2)nc(C)n1. The molecule has 0 spiro atoms. The summed E-state index contributed by atoms with van der Waals surface area (Å²) in [5.41, 5.74) is 0. The van der Waals surface area contributed by atoms with Crippen LogP contribution in [0.2, 0.25) is 0 Å². The maximum atomic E-state index is 5.39. The molecule has 1 aromatic heterocycles. The fraction of sp³-hybridized carbons (Fsp3) is 0.692. The lowest BCUT2D eigenvalue weighted by Crippen LogP contribution is -2.20. The van der Waals surface area contributed by atoms with E-state index in [0.29, 0.717) is 12.5 Å². The van der Waals surface area contributed by atoms with Crippen LogP contribution in [-0.2, 0) is 0 Å². The van der Waals surface area contributed by atoms with Gasteiger partial charge in [-0.25, -0.2) is 4.98 Å². The molecule has 0 atom stereocenters. The minimum atomic E-state index is 0.626. The van der Waals surface area contributed by atoms with Crippen molar-refractivity contribution < 1.29 is 4.74 Å². The summed E-state index contributed by atoms with van der Waals surface area (Å²) in [7, 11) is 0. The van der Waals surface area contributed by atoms with Gasteiger partial charge in [-0.2, -0.15) is 4.98 Å². The quantitative estimate of drug-likeness (QED) is 0.688. The largest absolute Gasteiger partial charge is 0.478 e. The Hall–Kier alpha value is -1.36. The van der Waals surface area contributed by atoms with E-state index in [1.165, 1.54) is 12.8 Å². The monoisotopic (exact) mass is 250 g/mol. The summed E-state index contributed by atoms with van der Waals surface area (Å²) >= 11 is 0. The van der Waals surface area contributed by atoms with Crippen LogP contribution in [-0.4, -0.2) is 35.7 Å². The number of rotatable bonds is 8. The minimum Gasteiger partial charge on any atom is -0.478 e. The molecule has 5 heteroatoms. The predicted octanol–water partition coefficient (Wildman–Crippen LogP) is 1.74. The Morgan fingerprint density at radius 2 is 2.17 bits per heavy atom. The predicted molar refractivity (Wildman–Crippen MR) is 72.1 cm³/mol. The summed E-state index contributed by atoms with van der Waals surface area (Å²) < 4.78 is 5.39. The van der Waals surface area contributed by atoms with Crippen LogP contribution >= 0.6 is 0 Å². The average Bonchev–Trinajstić information content (AvgIpc) is 3.12. The Labute approximate surface area is 108 Å². The molecule has 1 saturated carbocycles. The highest BCUT2D eigenvalue weighted by Gasteiger charge is 2.19. The van der Waals surface area contributed by atoms with Crippen molar-refractivity contribution in [2.45, 2.75) is 39.2 Å². The normalized spacial score (nSPS) is 14.6. The van der Waals surface area contributed by atoms with Gasteiger partial charge in [0.2, 0.25) is 5.88 Å². The zero-order chi connectivity index (χ0) is 12.8. The van der Waals surface area contributed by atoms with Gasteiger partial charge in [0.05, 0.1) is 6.61 Å². The molecule has 0 unspecified atom stereocenters. The van der Waals surface area contributed by atoms with Crippen LogP contribution < -0.4 is 15.4 Å². The first-order valence-electron chi connectivity index (χ1n) is 6.73. The first kappa shape index (κ1) is 13.1. The van der Waals surface area contributed by atoms with Crippen molar-refractivity contribution in [3.8, 4) is 5.88 Å². The summed E-state index contributed by atoms with van der Waals surface area (Å²) in [6, 6.07) is 2.64. The fourth-order valence-corrected chi connectivity index (χ4v) is 1.75. The molecule has 2 N–H and O–H groups in total. The lowest BCUT2D eigenvalue weighted by molar-refractivity contribution is 0.325. The lowest BCUT2D eigenvalue weighted by atomic mass is 10.4. The second-order valence-corrected chi connectivity index (χ2v) is 4.58. The molecule has 5 nitrogen and oxygen atoms in total. The molecular weight excluding hydrogens is 228 g/mol. The van der Waals surface area contributed by atoms with Crippen LogP contribution in [0.1, 0.15) is 32.0 Å². The number of aromatic nitrogens is 2. The Morgan fingerprint density at radius 3 is 2.89 bits per heavy atom. The second kappa shape index (κ2) is 6.54. The zero-order valence-corrected chi connectivity index (χ0v) is 11.2. The number of nitrogens with one attached hydrogen (secondary N) is 2. The number of aryl methyl sites for hydroxylation is 1. The molecule has 1 aliphatic carbocycles. The van der Waals surface area contributed by atoms with Crippen molar-refractivity contribution in [2.75, 3.05) is 25.0 Å². The maximum absolute atomic E-state index is 5.39. The van der Waals surface area contributed by atoms with E-state index in [2.05, 4.69) is 20.6 Å². The second-order valence-electron chi connectivity index (χ2n) is 4.58. The molecule has 1 aliphatic rings. The molecule has 0 amide bonds. The van der Waals surface area contributed by atoms with Gasteiger partial charge in [0.1, 0.15) is 11.6 Å². The molecule has 18 heavy (non-hydrogen) atoms. The molecule has 1 fully saturated rings. The van der Waals surface area contributed by atoms with Crippen molar-refractivity contribution in [3.63, 3.8) is 0 Å². The van der Waals surface area contributed by atoms with E-state index in [9.17, 15) is 0 Å². The fourth-order valence-electron chi connectivity index (χ4n) is 1.75. The summed E-state index contributed by atoms with van der Waals surface area (Å²) in [6.45, 7) is 6.44. The number of hydrogen-bond acceptors (Lipinski definition) is 5. The topological polar surface area (TPSA) is 59.1 Å². The highest BCUT2D eigenvalue weighted by Crippen LogP contribution is 2.18. The molecule has 0 saturated heterocycles. The smallest absolute Gasteiger partial charge is 0.218 e. The van der Waals surface area contributed by atoms with Crippen LogP contribution in [0.25, 0.3) is 0 Å². The molecule has 2 rings (SSSR count). The van der Waals surface area contributed by atoms with Crippen LogP contribution in [0.15, 0.2) is 6.07 Å². The van der Waals surface area contributed by atoms with E-state index in [-0.39, 0.29) is 0 Å². The van der Waals surface area contributed by atoms with Gasteiger partial charge in [0.15, 0.2) is 0 Å². The third kappa shape index (κ3) is 4.49. The zero-order valence-electron chi connectivity index (χ0n) is 11.2. The minimum absolute atomic E-state index is 0.626. The number of hydrogen-bond donors (Lipinski definition) is 2. The molecule has 100 valence electrons. The van der Waals surface area contributed by atoms with Gasteiger partial charge in [-0.05, 0) is 39.7 Å². The van der Waals surface area contributed by atoms with Crippen LogP contribution in [0.3, 0.4) is 0 Å². The summed E-state index contributed by atoms with van der Waals surface area (Å²) in [6.07, 6.45) is 3.79. The van der Waals surface area contributed by atoms with E-state index >= 15 is 0 Å².